The van der Waals surface area contributed by atoms with E-state index in [-0.39, 0.29) is 18.0 Å². The first-order valence-electron chi connectivity index (χ1n) is 4.97. The first-order chi connectivity index (χ1) is 7.70. The molecule has 0 aliphatic rings. The highest BCUT2D eigenvalue weighted by Crippen LogP contribution is 2.18. The number of benzene rings is 1. The molecule has 4 nitrogen and oxygen atoms in total. The van der Waals surface area contributed by atoms with E-state index in [0.29, 0.717) is 12.5 Å². The van der Waals surface area contributed by atoms with Crippen LogP contribution in [0.4, 0.5) is 0 Å². The predicted octanol–water partition coefficient (Wildman–Crippen LogP) is 2.75. The quantitative estimate of drug-likeness (QED) is 0.914. The molecule has 0 unspecified atom stereocenters. The maximum atomic E-state index is 10.8. The van der Waals surface area contributed by atoms with Crippen molar-refractivity contribution in [3.8, 4) is 5.88 Å². The van der Waals surface area contributed by atoms with Crippen LogP contribution in [0.15, 0.2) is 30.3 Å². The lowest BCUT2D eigenvalue weighted by atomic mass is 10.1. The van der Waals surface area contributed by atoms with Crippen LogP contribution in [0.25, 0.3) is 10.9 Å². The van der Waals surface area contributed by atoms with Crippen LogP contribution in [0.2, 0.25) is 0 Å². The summed E-state index contributed by atoms with van der Waals surface area (Å²) in [6.45, 7) is 2.45. The highest BCUT2D eigenvalue weighted by Gasteiger charge is 2.04. The molecular weight excluding hydrogens is 242 g/mol. The van der Waals surface area contributed by atoms with Gasteiger partial charge in [0, 0.05) is 11.5 Å². The molecule has 0 amide bonds. The van der Waals surface area contributed by atoms with Gasteiger partial charge in [-0.2, -0.15) is 0 Å². The molecule has 1 aromatic carbocycles. The van der Waals surface area contributed by atoms with E-state index in [0.717, 1.165) is 10.9 Å². The Kier molecular flexibility index (Phi) is 4.29. The zero-order valence-corrected chi connectivity index (χ0v) is 10.0. The number of pyridine rings is 1. The summed E-state index contributed by atoms with van der Waals surface area (Å²) in [4.78, 5) is 15.0. The van der Waals surface area contributed by atoms with Gasteiger partial charge >= 0.3 is 5.97 Å². The molecule has 2 rings (SSSR count). The Bertz CT molecular complexity index is 542. The lowest BCUT2D eigenvalue weighted by molar-refractivity contribution is 0.0697. The van der Waals surface area contributed by atoms with Crippen molar-refractivity contribution in [3.05, 3.63) is 35.9 Å². The molecular formula is C12H12ClNO3. The molecule has 2 aromatic rings. The molecule has 0 saturated heterocycles. The minimum atomic E-state index is -0.934. The molecule has 0 saturated carbocycles. The van der Waals surface area contributed by atoms with Gasteiger partial charge in [0.1, 0.15) is 0 Å². The lowest BCUT2D eigenvalue weighted by Gasteiger charge is -2.03. The van der Waals surface area contributed by atoms with E-state index >= 15 is 0 Å². The number of aromatic nitrogens is 1. The van der Waals surface area contributed by atoms with Crippen molar-refractivity contribution in [2.45, 2.75) is 6.92 Å². The van der Waals surface area contributed by atoms with Crippen LogP contribution in [0.3, 0.4) is 0 Å². The van der Waals surface area contributed by atoms with Crippen LogP contribution < -0.4 is 4.74 Å². The molecule has 0 radical (unpaired) electrons. The molecule has 90 valence electrons. The fraction of sp³-hybridized carbons (Fsp3) is 0.167. The molecule has 1 aromatic heterocycles. The van der Waals surface area contributed by atoms with Crippen molar-refractivity contribution in [1.82, 2.24) is 4.98 Å². The highest BCUT2D eigenvalue weighted by atomic mass is 35.5. The van der Waals surface area contributed by atoms with Gasteiger partial charge in [0.2, 0.25) is 5.88 Å². The third-order valence-electron chi connectivity index (χ3n) is 2.20. The molecule has 0 aliphatic heterocycles. The maximum Gasteiger partial charge on any atom is 0.335 e. The fourth-order valence-corrected chi connectivity index (χ4v) is 1.47. The van der Waals surface area contributed by atoms with Crippen LogP contribution >= 0.6 is 12.4 Å². The Labute approximate surface area is 105 Å². The zero-order chi connectivity index (χ0) is 11.5. The Balaban J connectivity index is 0.00000144. The summed E-state index contributed by atoms with van der Waals surface area (Å²) in [5.41, 5.74) is 0.995. The number of carboxylic acid groups (broad SMARTS) is 1. The summed E-state index contributed by atoms with van der Waals surface area (Å²) >= 11 is 0. The van der Waals surface area contributed by atoms with Crippen molar-refractivity contribution < 1.29 is 14.6 Å². The smallest absolute Gasteiger partial charge is 0.335 e. The van der Waals surface area contributed by atoms with E-state index < -0.39 is 5.97 Å². The van der Waals surface area contributed by atoms with E-state index in [2.05, 4.69) is 4.98 Å². The van der Waals surface area contributed by atoms with E-state index in [1.165, 1.54) is 6.07 Å². The Hall–Kier alpha value is -1.81. The van der Waals surface area contributed by atoms with Crippen molar-refractivity contribution in [3.63, 3.8) is 0 Å². The van der Waals surface area contributed by atoms with Crippen LogP contribution in [-0.4, -0.2) is 22.7 Å². The number of rotatable bonds is 3. The normalized spacial score (nSPS) is 9.71. The number of halogens is 1. The minimum absolute atomic E-state index is 0. The van der Waals surface area contributed by atoms with Gasteiger partial charge in [-0.3, -0.25) is 0 Å². The number of ether oxygens (including phenoxy) is 1. The maximum absolute atomic E-state index is 10.8. The number of aromatic carboxylic acids is 1. The lowest BCUT2D eigenvalue weighted by Crippen LogP contribution is -1.97. The third-order valence-corrected chi connectivity index (χ3v) is 2.20. The number of carbonyl (C=O) groups is 1. The highest BCUT2D eigenvalue weighted by molar-refractivity contribution is 5.93. The number of fused-ring (bicyclic) bond motifs is 1. The second-order valence-corrected chi connectivity index (χ2v) is 3.30. The van der Waals surface area contributed by atoms with Crippen molar-refractivity contribution in [1.29, 1.82) is 0 Å². The molecule has 0 atom stereocenters. The van der Waals surface area contributed by atoms with E-state index in [1.54, 1.807) is 24.3 Å². The Morgan fingerprint density at radius 1 is 1.35 bits per heavy atom. The topological polar surface area (TPSA) is 59.4 Å². The van der Waals surface area contributed by atoms with Crippen LogP contribution in [0, 0.1) is 0 Å². The molecule has 1 heterocycles. The number of hydrogen-bond acceptors (Lipinski definition) is 3. The van der Waals surface area contributed by atoms with Crippen molar-refractivity contribution >= 4 is 29.3 Å². The summed E-state index contributed by atoms with van der Waals surface area (Å²) in [7, 11) is 0. The molecule has 17 heavy (non-hydrogen) atoms. The van der Waals surface area contributed by atoms with Gasteiger partial charge in [-0.05, 0) is 31.2 Å². The monoisotopic (exact) mass is 253 g/mol. The average Bonchev–Trinajstić information content (AvgIpc) is 2.28. The summed E-state index contributed by atoms with van der Waals surface area (Å²) < 4.78 is 5.26. The zero-order valence-electron chi connectivity index (χ0n) is 9.21. The van der Waals surface area contributed by atoms with Gasteiger partial charge in [0.25, 0.3) is 0 Å². The molecule has 0 aliphatic carbocycles. The van der Waals surface area contributed by atoms with Gasteiger partial charge in [0.05, 0.1) is 17.7 Å². The van der Waals surface area contributed by atoms with Crippen LogP contribution in [0.5, 0.6) is 5.88 Å². The van der Waals surface area contributed by atoms with E-state index in [9.17, 15) is 4.79 Å². The largest absolute Gasteiger partial charge is 0.478 e. The first-order valence-corrected chi connectivity index (χ1v) is 4.97. The van der Waals surface area contributed by atoms with Crippen molar-refractivity contribution in [2.75, 3.05) is 6.61 Å². The number of hydrogen-bond donors (Lipinski definition) is 1. The van der Waals surface area contributed by atoms with Gasteiger partial charge in [-0.25, -0.2) is 9.78 Å². The standard InChI is InChI=1S/C12H11NO3.ClH/c1-2-16-11-6-4-8-7-9(12(14)15)3-5-10(8)13-11;/h3-7H,2H2,1H3,(H,14,15);1H. The SMILES string of the molecule is CCOc1ccc2cc(C(=O)O)ccc2n1.Cl. The first kappa shape index (κ1) is 13.3. The molecule has 0 fully saturated rings. The fourth-order valence-electron chi connectivity index (χ4n) is 1.47. The Morgan fingerprint density at radius 3 is 2.76 bits per heavy atom. The average molecular weight is 254 g/mol. The van der Waals surface area contributed by atoms with Gasteiger partial charge < -0.3 is 9.84 Å². The second-order valence-electron chi connectivity index (χ2n) is 3.30. The van der Waals surface area contributed by atoms with Crippen molar-refractivity contribution in [2.24, 2.45) is 0 Å². The van der Waals surface area contributed by atoms with Crippen LogP contribution in [0.1, 0.15) is 17.3 Å². The second kappa shape index (κ2) is 5.50. The van der Waals surface area contributed by atoms with Crippen LogP contribution in [-0.2, 0) is 0 Å². The molecule has 0 bridgehead atoms. The molecule has 0 spiro atoms. The summed E-state index contributed by atoms with van der Waals surface area (Å²) in [6.07, 6.45) is 0. The van der Waals surface area contributed by atoms with E-state index in [1.807, 2.05) is 6.92 Å². The van der Waals surface area contributed by atoms with Gasteiger partial charge in [0.15, 0.2) is 0 Å². The van der Waals surface area contributed by atoms with Gasteiger partial charge in [-0.15, -0.1) is 12.4 Å². The predicted molar refractivity (Wildman–Crippen MR) is 67.1 cm³/mol. The number of carboxylic acids is 1. The van der Waals surface area contributed by atoms with Gasteiger partial charge in [-0.1, -0.05) is 0 Å². The summed E-state index contributed by atoms with van der Waals surface area (Å²) in [6, 6.07) is 8.35. The molecule has 1 N–H and O–H groups in total. The summed E-state index contributed by atoms with van der Waals surface area (Å²) in [5, 5.41) is 9.63. The minimum Gasteiger partial charge on any atom is -0.478 e. The van der Waals surface area contributed by atoms with E-state index in [4.69, 9.17) is 9.84 Å². The number of nitrogens with zero attached hydrogens (tertiary/aromatic N) is 1. The Morgan fingerprint density at radius 2 is 2.12 bits per heavy atom. The summed E-state index contributed by atoms with van der Waals surface area (Å²) in [5.74, 6) is -0.381. The molecule has 5 heteroatoms. The third kappa shape index (κ3) is 2.85.